The van der Waals surface area contributed by atoms with Crippen LogP contribution in [0.4, 0.5) is 10.1 Å². The first kappa shape index (κ1) is 27.4. The van der Waals surface area contributed by atoms with E-state index in [-0.39, 0.29) is 23.6 Å². The van der Waals surface area contributed by atoms with E-state index in [0.29, 0.717) is 18.0 Å². The van der Waals surface area contributed by atoms with Crippen molar-refractivity contribution >= 4 is 11.6 Å². The van der Waals surface area contributed by atoms with Gasteiger partial charge in [0.05, 0.1) is 11.7 Å². The highest BCUT2D eigenvalue weighted by atomic mass is 19.1. The van der Waals surface area contributed by atoms with E-state index in [2.05, 4.69) is 15.1 Å². The highest BCUT2D eigenvalue weighted by molar-refractivity contribution is 5.96. The molecule has 0 bridgehead atoms. The van der Waals surface area contributed by atoms with Crippen LogP contribution in [0.3, 0.4) is 0 Å². The number of amides is 1. The van der Waals surface area contributed by atoms with Gasteiger partial charge in [-0.15, -0.1) is 0 Å². The lowest BCUT2D eigenvalue weighted by Gasteiger charge is -2.38. The number of hydrogen-bond acceptors (Lipinski definition) is 5. The molecule has 4 rings (SSSR count). The Morgan fingerprint density at radius 3 is 2.54 bits per heavy atom. The molecule has 7 heteroatoms. The summed E-state index contributed by atoms with van der Waals surface area (Å²) < 4.78 is 19.4. The third-order valence-electron chi connectivity index (χ3n) is 8.22. The van der Waals surface area contributed by atoms with Gasteiger partial charge in [-0.2, -0.15) is 0 Å². The zero-order valence-electron chi connectivity index (χ0n) is 22.1. The highest BCUT2D eigenvalue weighted by Gasteiger charge is 2.28. The third-order valence-corrected chi connectivity index (χ3v) is 8.22. The maximum atomic E-state index is 13.5. The van der Waals surface area contributed by atoms with Crippen LogP contribution in [0.5, 0.6) is 5.75 Å². The number of rotatable bonds is 11. The quantitative estimate of drug-likeness (QED) is 0.412. The molecule has 1 amide bonds. The number of phenolic OH excluding ortho intramolecular Hbond substituents is 1. The van der Waals surface area contributed by atoms with Crippen molar-refractivity contribution in [2.24, 2.45) is 11.8 Å². The second-order valence-electron chi connectivity index (χ2n) is 10.6. The molecule has 1 atom stereocenters. The van der Waals surface area contributed by atoms with E-state index in [0.717, 1.165) is 57.2 Å². The van der Waals surface area contributed by atoms with Gasteiger partial charge in [-0.25, -0.2) is 4.39 Å². The van der Waals surface area contributed by atoms with E-state index in [1.54, 1.807) is 37.4 Å². The smallest absolute Gasteiger partial charge is 0.255 e. The van der Waals surface area contributed by atoms with E-state index in [1.165, 1.54) is 44.2 Å². The molecule has 2 fully saturated rings. The Balaban J connectivity index is 1.10. The van der Waals surface area contributed by atoms with Crippen LogP contribution < -0.4 is 10.2 Å². The Labute approximate surface area is 220 Å². The Morgan fingerprint density at radius 1 is 1.08 bits per heavy atom. The first-order chi connectivity index (χ1) is 18.0. The molecule has 0 radical (unpaired) electrons. The number of anilines is 1. The lowest BCUT2D eigenvalue weighted by molar-refractivity contribution is 0.0212. The number of halogens is 1. The summed E-state index contributed by atoms with van der Waals surface area (Å²) in [5.74, 6) is 0.987. The van der Waals surface area contributed by atoms with Crippen molar-refractivity contribution in [1.82, 2.24) is 10.2 Å². The first-order valence-electron chi connectivity index (χ1n) is 13.9. The van der Waals surface area contributed by atoms with Crippen molar-refractivity contribution in [1.29, 1.82) is 0 Å². The van der Waals surface area contributed by atoms with Crippen molar-refractivity contribution in [3.63, 3.8) is 0 Å². The maximum Gasteiger partial charge on any atom is 0.255 e. The Morgan fingerprint density at radius 2 is 1.84 bits per heavy atom. The predicted molar refractivity (Wildman–Crippen MR) is 146 cm³/mol. The van der Waals surface area contributed by atoms with Gasteiger partial charge in [0.15, 0.2) is 0 Å². The normalized spacial score (nSPS) is 21.5. The minimum absolute atomic E-state index is 0.0117. The number of nitrogens with zero attached hydrogens (tertiary/aromatic N) is 2. The fraction of sp³-hybridized carbons (Fsp3) is 0.567. The SMILES string of the molecule is COC(CCCNC(=O)c1ccccc1O)C1CCC(CCN2CCN(c3cccc(F)c3)CC2)CC1. The molecule has 6 nitrogen and oxygen atoms in total. The molecule has 1 saturated heterocycles. The number of carbonyl (C=O) groups is 1. The van der Waals surface area contributed by atoms with E-state index in [9.17, 15) is 14.3 Å². The fourth-order valence-corrected chi connectivity index (χ4v) is 5.93. The van der Waals surface area contributed by atoms with Crippen molar-refractivity contribution in [2.75, 3.05) is 51.3 Å². The topological polar surface area (TPSA) is 65.0 Å². The molecule has 37 heavy (non-hydrogen) atoms. The summed E-state index contributed by atoms with van der Waals surface area (Å²) in [6.45, 7) is 5.72. The average Bonchev–Trinajstić information content (AvgIpc) is 2.93. The summed E-state index contributed by atoms with van der Waals surface area (Å²) in [5, 5.41) is 12.7. The number of ether oxygens (including phenoxy) is 1. The zero-order chi connectivity index (χ0) is 26.0. The van der Waals surface area contributed by atoms with E-state index in [4.69, 9.17) is 4.74 Å². The van der Waals surface area contributed by atoms with E-state index >= 15 is 0 Å². The fourth-order valence-electron chi connectivity index (χ4n) is 5.93. The Kier molecular flexibility index (Phi) is 10.2. The largest absolute Gasteiger partial charge is 0.507 e. The van der Waals surface area contributed by atoms with Crippen LogP contribution in [0, 0.1) is 17.7 Å². The zero-order valence-corrected chi connectivity index (χ0v) is 22.1. The number of aromatic hydroxyl groups is 1. The molecule has 1 heterocycles. The van der Waals surface area contributed by atoms with Gasteiger partial charge >= 0.3 is 0 Å². The summed E-state index contributed by atoms with van der Waals surface area (Å²) in [6.07, 6.45) is 8.22. The summed E-state index contributed by atoms with van der Waals surface area (Å²) in [6, 6.07) is 13.5. The number of hydrogen-bond donors (Lipinski definition) is 2. The summed E-state index contributed by atoms with van der Waals surface area (Å²) in [4.78, 5) is 17.1. The molecule has 2 aliphatic rings. The third kappa shape index (κ3) is 7.92. The average molecular weight is 512 g/mol. The van der Waals surface area contributed by atoms with Gasteiger partial charge in [0.2, 0.25) is 0 Å². The molecular formula is C30H42FN3O3. The standard InChI is InChI=1S/C30H42FN3O3/c1-37-29(10-5-16-32-30(36)27-8-2-3-9-28(27)35)24-13-11-23(12-14-24)15-17-33-18-20-34(21-19-33)26-7-4-6-25(31)22-26/h2-4,6-9,22-24,29,35H,5,10-21H2,1H3,(H,32,36). The maximum absolute atomic E-state index is 13.5. The van der Waals surface area contributed by atoms with Gasteiger partial charge in [0, 0.05) is 45.5 Å². The van der Waals surface area contributed by atoms with Gasteiger partial charge in [-0.1, -0.05) is 31.0 Å². The minimum Gasteiger partial charge on any atom is -0.507 e. The Hall–Kier alpha value is -2.64. The molecule has 202 valence electrons. The van der Waals surface area contributed by atoms with Crippen LogP contribution in [0.15, 0.2) is 48.5 Å². The number of piperazine rings is 1. The number of carbonyl (C=O) groups excluding carboxylic acids is 1. The molecule has 1 unspecified atom stereocenters. The number of methoxy groups -OCH3 is 1. The first-order valence-corrected chi connectivity index (χ1v) is 13.9. The number of benzene rings is 2. The minimum atomic E-state index is -0.233. The number of para-hydroxylation sites is 1. The van der Waals surface area contributed by atoms with Crippen LogP contribution in [-0.2, 0) is 4.74 Å². The molecule has 0 spiro atoms. The van der Waals surface area contributed by atoms with Gasteiger partial charge in [0.1, 0.15) is 11.6 Å². The van der Waals surface area contributed by atoms with E-state index in [1.807, 2.05) is 6.07 Å². The van der Waals surface area contributed by atoms with Crippen molar-refractivity contribution in [3.05, 3.63) is 59.9 Å². The molecule has 1 aliphatic carbocycles. The van der Waals surface area contributed by atoms with Crippen LogP contribution in [0.25, 0.3) is 0 Å². The lowest BCUT2D eigenvalue weighted by Crippen LogP contribution is -2.47. The van der Waals surface area contributed by atoms with Crippen LogP contribution in [0.1, 0.15) is 55.3 Å². The van der Waals surface area contributed by atoms with Crippen LogP contribution >= 0.6 is 0 Å². The number of phenols is 1. The van der Waals surface area contributed by atoms with Crippen LogP contribution in [-0.4, -0.2) is 68.4 Å². The molecule has 0 aromatic heterocycles. The monoisotopic (exact) mass is 511 g/mol. The molecule has 2 aromatic rings. The van der Waals surface area contributed by atoms with E-state index < -0.39 is 0 Å². The predicted octanol–water partition coefficient (Wildman–Crippen LogP) is 5.08. The summed E-state index contributed by atoms with van der Waals surface area (Å²) >= 11 is 0. The second-order valence-corrected chi connectivity index (χ2v) is 10.6. The van der Waals surface area contributed by atoms with Crippen LogP contribution in [0.2, 0.25) is 0 Å². The second kappa shape index (κ2) is 13.8. The molecule has 1 aliphatic heterocycles. The van der Waals surface area contributed by atoms with Crippen molar-refractivity contribution < 1.29 is 19.0 Å². The lowest BCUT2D eigenvalue weighted by atomic mass is 9.77. The summed E-state index contributed by atoms with van der Waals surface area (Å²) in [5.41, 5.74) is 1.31. The Bertz CT molecular complexity index is 988. The van der Waals surface area contributed by atoms with Gasteiger partial charge in [0.25, 0.3) is 5.91 Å². The van der Waals surface area contributed by atoms with Gasteiger partial charge < -0.3 is 20.1 Å². The number of nitrogens with one attached hydrogen (secondary N) is 1. The molecular weight excluding hydrogens is 469 g/mol. The molecule has 2 aromatic carbocycles. The molecule has 2 N–H and O–H groups in total. The van der Waals surface area contributed by atoms with Crippen molar-refractivity contribution in [2.45, 2.75) is 51.0 Å². The van der Waals surface area contributed by atoms with Gasteiger partial charge in [-0.3, -0.25) is 9.69 Å². The van der Waals surface area contributed by atoms with Crippen molar-refractivity contribution in [3.8, 4) is 5.75 Å². The highest BCUT2D eigenvalue weighted by Crippen LogP contribution is 2.35. The molecule has 1 saturated carbocycles. The summed E-state index contributed by atoms with van der Waals surface area (Å²) in [7, 11) is 1.81. The van der Waals surface area contributed by atoms with Gasteiger partial charge in [-0.05, 0) is 80.8 Å².